The maximum atomic E-state index is 13.4. The van der Waals surface area contributed by atoms with Gasteiger partial charge < -0.3 is 9.64 Å². The van der Waals surface area contributed by atoms with Crippen molar-refractivity contribution in [1.29, 1.82) is 0 Å². The van der Waals surface area contributed by atoms with Crippen molar-refractivity contribution in [2.75, 3.05) is 23.7 Å². The molecule has 36 heavy (non-hydrogen) atoms. The van der Waals surface area contributed by atoms with Crippen molar-refractivity contribution < 1.29 is 27.5 Å². The number of para-hydroxylation sites is 1. The Morgan fingerprint density at radius 3 is 2.42 bits per heavy atom. The minimum absolute atomic E-state index is 0.0533. The van der Waals surface area contributed by atoms with Crippen molar-refractivity contribution in [3.8, 4) is 0 Å². The lowest BCUT2D eigenvalue weighted by molar-refractivity contribution is 0.00826. The first-order valence-electron chi connectivity index (χ1n) is 12.1. The number of ketones is 1. The second kappa shape index (κ2) is 10.0. The third-order valence-electron chi connectivity index (χ3n) is 6.48. The standard InChI is InChI=1S/C27H31N2O6S/c1-27(2,3)35-26(32)29-13-12-20(18-30)16-23(29)25(31)21-10-8-19(9-11-21)17-28-14-15-36(33,34)24-7-5-4-6-22(24)28/h4-11,20,23H,12-17H2,1-3H3. The number of hydrogen-bond acceptors (Lipinski definition) is 7. The van der Waals surface area contributed by atoms with Crippen LogP contribution in [0.2, 0.25) is 0 Å². The Morgan fingerprint density at radius 1 is 1.06 bits per heavy atom. The van der Waals surface area contributed by atoms with E-state index in [2.05, 4.69) is 0 Å². The minimum atomic E-state index is -3.28. The molecule has 0 saturated carbocycles. The number of nitrogens with zero attached hydrogens (tertiary/aromatic N) is 2. The summed E-state index contributed by atoms with van der Waals surface area (Å²) in [4.78, 5) is 41.3. The number of anilines is 1. The lowest BCUT2D eigenvalue weighted by Gasteiger charge is -2.37. The molecule has 2 atom stereocenters. The Kier molecular flexibility index (Phi) is 7.22. The fourth-order valence-electron chi connectivity index (χ4n) is 4.65. The van der Waals surface area contributed by atoms with E-state index in [-0.39, 0.29) is 24.5 Å². The van der Waals surface area contributed by atoms with E-state index in [1.165, 1.54) is 4.90 Å². The molecule has 1 radical (unpaired) electrons. The van der Waals surface area contributed by atoms with Crippen molar-refractivity contribution in [3.63, 3.8) is 0 Å². The van der Waals surface area contributed by atoms with Crippen LogP contribution in [0.25, 0.3) is 0 Å². The summed E-state index contributed by atoms with van der Waals surface area (Å²) in [6, 6.07) is 13.3. The van der Waals surface area contributed by atoms with Gasteiger partial charge in [-0.25, -0.2) is 13.2 Å². The third-order valence-corrected chi connectivity index (χ3v) is 8.22. The number of carbonyl (C=O) groups excluding carboxylic acids is 3. The molecule has 2 aliphatic heterocycles. The smallest absolute Gasteiger partial charge is 0.410 e. The third kappa shape index (κ3) is 5.61. The molecule has 2 aliphatic rings. The predicted molar refractivity (Wildman–Crippen MR) is 135 cm³/mol. The minimum Gasteiger partial charge on any atom is -0.444 e. The molecule has 0 aromatic heterocycles. The molecule has 0 aliphatic carbocycles. The maximum Gasteiger partial charge on any atom is 0.410 e. The molecule has 8 nitrogen and oxygen atoms in total. The number of Topliss-reactive ketones (excluding diaryl/α,β-unsaturated/α-hetero) is 1. The van der Waals surface area contributed by atoms with Gasteiger partial charge >= 0.3 is 6.09 Å². The Hall–Kier alpha value is -3.20. The highest BCUT2D eigenvalue weighted by molar-refractivity contribution is 7.91. The zero-order chi connectivity index (χ0) is 26.1. The van der Waals surface area contributed by atoms with Crippen LogP contribution in [0.4, 0.5) is 10.5 Å². The van der Waals surface area contributed by atoms with Gasteiger partial charge in [0, 0.05) is 31.1 Å². The van der Waals surface area contributed by atoms with Gasteiger partial charge in [0.1, 0.15) is 5.60 Å². The van der Waals surface area contributed by atoms with Crippen LogP contribution in [-0.4, -0.2) is 62.0 Å². The quantitative estimate of drug-likeness (QED) is 0.563. The molecule has 1 fully saturated rings. The Bertz CT molecular complexity index is 1250. The highest BCUT2D eigenvalue weighted by Gasteiger charge is 2.38. The summed E-state index contributed by atoms with van der Waals surface area (Å²) < 4.78 is 30.3. The first-order valence-corrected chi connectivity index (χ1v) is 13.7. The van der Waals surface area contributed by atoms with Gasteiger partial charge in [0.05, 0.1) is 22.4 Å². The molecule has 0 bridgehead atoms. The molecule has 191 valence electrons. The van der Waals surface area contributed by atoms with Crippen LogP contribution in [0.15, 0.2) is 53.4 Å². The van der Waals surface area contributed by atoms with Crippen molar-refractivity contribution >= 4 is 33.7 Å². The summed E-state index contributed by atoms with van der Waals surface area (Å²) in [5.74, 6) is -0.605. The number of amides is 1. The summed E-state index contributed by atoms with van der Waals surface area (Å²) in [5, 5.41) is 0. The van der Waals surface area contributed by atoms with Gasteiger partial charge in [0.2, 0.25) is 6.29 Å². The molecule has 2 aromatic carbocycles. The van der Waals surface area contributed by atoms with Gasteiger partial charge in [-0.05, 0) is 51.3 Å². The maximum absolute atomic E-state index is 13.4. The number of carbonyl (C=O) groups is 2. The topological polar surface area (TPSA) is 101 Å². The molecule has 2 unspecified atom stereocenters. The van der Waals surface area contributed by atoms with Crippen LogP contribution < -0.4 is 4.90 Å². The van der Waals surface area contributed by atoms with E-state index in [4.69, 9.17) is 4.74 Å². The van der Waals surface area contributed by atoms with Crippen molar-refractivity contribution in [1.82, 2.24) is 4.90 Å². The highest BCUT2D eigenvalue weighted by atomic mass is 32.2. The summed E-state index contributed by atoms with van der Waals surface area (Å²) in [7, 11) is -3.28. The Labute approximate surface area is 212 Å². The monoisotopic (exact) mass is 511 g/mol. The van der Waals surface area contributed by atoms with Crippen molar-refractivity contribution in [2.24, 2.45) is 5.92 Å². The molecule has 4 rings (SSSR count). The summed E-state index contributed by atoms with van der Waals surface area (Å²) >= 11 is 0. The fourth-order valence-corrected chi connectivity index (χ4v) is 6.14. The lowest BCUT2D eigenvalue weighted by atomic mass is 9.87. The lowest BCUT2D eigenvalue weighted by Crippen LogP contribution is -2.51. The van der Waals surface area contributed by atoms with Crippen LogP contribution in [-0.2, 0) is 25.9 Å². The number of fused-ring (bicyclic) bond motifs is 1. The van der Waals surface area contributed by atoms with Crippen LogP contribution in [0.5, 0.6) is 0 Å². The van der Waals surface area contributed by atoms with Gasteiger partial charge in [-0.3, -0.25) is 14.5 Å². The number of ether oxygens (including phenoxy) is 1. The van der Waals surface area contributed by atoms with E-state index in [9.17, 15) is 22.8 Å². The van der Waals surface area contributed by atoms with E-state index in [1.807, 2.05) is 29.4 Å². The zero-order valence-electron chi connectivity index (χ0n) is 20.8. The molecule has 0 spiro atoms. The van der Waals surface area contributed by atoms with E-state index in [1.54, 1.807) is 51.1 Å². The number of sulfone groups is 1. The fraction of sp³-hybridized carbons (Fsp3) is 0.444. The van der Waals surface area contributed by atoms with Gasteiger partial charge in [-0.1, -0.05) is 36.4 Å². The summed E-state index contributed by atoms with van der Waals surface area (Å²) in [6.45, 7) is 6.43. The van der Waals surface area contributed by atoms with Gasteiger partial charge in [-0.15, -0.1) is 0 Å². The van der Waals surface area contributed by atoms with Crippen LogP contribution in [0.3, 0.4) is 0 Å². The molecular weight excluding hydrogens is 480 g/mol. The van der Waals surface area contributed by atoms with Gasteiger partial charge in [0.25, 0.3) is 0 Å². The second-order valence-electron chi connectivity index (χ2n) is 10.3. The Morgan fingerprint density at radius 2 is 1.75 bits per heavy atom. The average Bonchev–Trinajstić information content (AvgIpc) is 2.84. The van der Waals surface area contributed by atoms with E-state index < -0.39 is 33.5 Å². The molecule has 9 heteroatoms. The number of rotatable bonds is 5. The number of likely N-dealkylation sites (tertiary alicyclic amines) is 1. The van der Waals surface area contributed by atoms with Crippen LogP contribution >= 0.6 is 0 Å². The predicted octanol–water partition coefficient (Wildman–Crippen LogP) is 3.79. The number of piperidine rings is 1. The van der Waals surface area contributed by atoms with Crippen molar-refractivity contribution in [2.45, 2.75) is 56.7 Å². The number of benzene rings is 2. The van der Waals surface area contributed by atoms with E-state index >= 15 is 0 Å². The first kappa shape index (κ1) is 25.9. The SMILES string of the molecule is CC(C)(C)OC(=O)N1CCC([C]=O)CC1C(=O)c1ccc(CN2CCS(=O)(=O)c3ccccc32)cc1. The van der Waals surface area contributed by atoms with Gasteiger partial charge in [0.15, 0.2) is 15.6 Å². The Balaban J connectivity index is 1.51. The zero-order valence-corrected chi connectivity index (χ0v) is 21.6. The average molecular weight is 512 g/mol. The highest BCUT2D eigenvalue weighted by Crippen LogP contribution is 2.31. The molecular formula is C27H31N2O6S. The second-order valence-corrected chi connectivity index (χ2v) is 12.4. The van der Waals surface area contributed by atoms with E-state index in [0.717, 1.165) is 5.56 Å². The summed E-state index contributed by atoms with van der Waals surface area (Å²) in [5.41, 5.74) is 1.33. The molecule has 2 heterocycles. The molecule has 0 N–H and O–H groups in total. The number of hydrogen-bond donors (Lipinski definition) is 0. The largest absolute Gasteiger partial charge is 0.444 e. The van der Waals surface area contributed by atoms with Crippen LogP contribution in [0, 0.1) is 5.92 Å². The molecule has 1 amide bonds. The molecule has 2 aromatic rings. The molecule has 1 saturated heterocycles. The van der Waals surface area contributed by atoms with Gasteiger partial charge in [-0.2, -0.15) is 0 Å². The van der Waals surface area contributed by atoms with E-state index in [0.29, 0.717) is 35.7 Å². The van der Waals surface area contributed by atoms with Crippen molar-refractivity contribution in [3.05, 3.63) is 59.7 Å². The normalized spacial score (nSPS) is 21.4. The first-order chi connectivity index (χ1) is 17.0. The summed E-state index contributed by atoms with van der Waals surface area (Å²) in [6.07, 6.45) is 2.07. The van der Waals surface area contributed by atoms with Crippen LogP contribution in [0.1, 0.15) is 49.5 Å².